The van der Waals surface area contributed by atoms with E-state index in [0.717, 1.165) is 6.07 Å². The number of rotatable bonds is 3. The van der Waals surface area contributed by atoms with Crippen LogP contribution in [0.2, 0.25) is 0 Å². The summed E-state index contributed by atoms with van der Waals surface area (Å²) in [6.07, 6.45) is -4.63. The molecule has 1 amide bonds. The molecule has 1 aliphatic heterocycles. The Labute approximate surface area is 186 Å². The van der Waals surface area contributed by atoms with Gasteiger partial charge in [-0.15, -0.1) is 0 Å². The zero-order valence-corrected chi connectivity index (χ0v) is 18.0. The predicted octanol–water partition coefficient (Wildman–Crippen LogP) is 3.10. The number of alkyl halides is 3. The van der Waals surface area contributed by atoms with Gasteiger partial charge in [-0.1, -0.05) is 12.1 Å². The predicted molar refractivity (Wildman–Crippen MR) is 117 cm³/mol. The lowest BCUT2D eigenvalue weighted by Gasteiger charge is -2.35. The van der Waals surface area contributed by atoms with Gasteiger partial charge in [-0.05, 0) is 31.3 Å². The van der Waals surface area contributed by atoms with Crippen LogP contribution in [0.3, 0.4) is 0 Å². The molecule has 0 aliphatic carbocycles. The van der Waals surface area contributed by atoms with Crippen LogP contribution in [0.5, 0.6) is 0 Å². The van der Waals surface area contributed by atoms with E-state index in [1.165, 1.54) is 11.5 Å². The van der Waals surface area contributed by atoms with Gasteiger partial charge in [-0.25, -0.2) is 15.4 Å². The number of likely N-dealkylation sites (N-methyl/N-ethyl adjacent to an activating group) is 1. The SMILES string of the molecule is CONC(=O)c1cc2c(N3CCN(C)CC3)cc(C(F)(F)F)nc2n2c1nc1ccccc12. The van der Waals surface area contributed by atoms with E-state index in [1.54, 1.807) is 30.3 Å². The number of nitrogens with zero attached hydrogens (tertiary/aromatic N) is 5. The molecule has 1 saturated heterocycles. The summed E-state index contributed by atoms with van der Waals surface area (Å²) in [5.74, 6) is -0.552. The lowest BCUT2D eigenvalue weighted by atomic mass is 10.1. The Kier molecular flexibility index (Phi) is 5.09. The molecule has 1 N–H and O–H groups in total. The molecule has 1 aromatic carbocycles. The summed E-state index contributed by atoms with van der Waals surface area (Å²) in [5.41, 5.74) is 3.25. The van der Waals surface area contributed by atoms with Gasteiger partial charge in [0.2, 0.25) is 0 Å². The van der Waals surface area contributed by atoms with Gasteiger partial charge in [0, 0.05) is 37.3 Å². The van der Waals surface area contributed by atoms with Crippen LogP contribution < -0.4 is 10.4 Å². The van der Waals surface area contributed by atoms with E-state index in [9.17, 15) is 18.0 Å². The highest BCUT2D eigenvalue weighted by atomic mass is 19.4. The van der Waals surface area contributed by atoms with E-state index in [2.05, 4.69) is 20.3 Å². The molecule has 5 rings (SSSR count). The van der Waals surface area contributed by atoms with Crippen molar-refractivity contribution in [3.63, 3.8) is 0 Å². The molecule has 0 atom stereocenters. The van der Waals surface area contributed by atoms with Crippen LogP contribution in [-0.2, 0) is 11.0 Å². The average molecular weight is 458 g/mol. The summed E-state index contributed by atoms with van der Waals surface area (Å²) >= 11 is 0. The van der Waals surface area contributed by atoms with Crippen molar-refractivity contribution in [3.8, 4) is 0 Å². The van der Waals surface area contributed by atoms with E-state index in [4.69, 9.17) is 4.84 Å². The molecule has 8 nitrogen and oxygen atoms in total. The minimum absolute atomic E-state index is 0.0939. The smallest absolute Gasteiger partial charge is 0.368 e. The number of nitrogens with one attached hydrogen (secondary N) is 1. The number of hydrogen-bond donors (Lipinski definition) is 1. The van der Waals surface area contributed by atoms with E-state index in [1.807, 2.05) is 11.9 Å². The minimum atomic E-state index is -4.63. The number of carbonyl (C=O) groups is 1. The second kappa shape index (κ2) is 7.85. The summed E-state index contributed by atoms with van der Waals surface area (Å²) in [7, 11) is 3.28. The molecule has 0 bridgehead atoms. The van der Waals surface area contributed by atoms with Gasteiger partial charge >= 0.3 is 6.18 Å². The first-order chi connectivity index (χ1) is 15.8. The van der Waals surface area contributed by atoms with Crippen molar-refractivity contribution in [2.75, 3.05) is 45.2 Å². The molecule has 0 unspecified atom stereocenters. The molecule has 0 spiro atoms. The third kappa shape index (κ3) is 3.62. The van der Waals surface area contributed by atoms with E-state index < -0.39 is 17.8 Å². The maximum Gasteiger partial charge on any atom is 0.433 e. The van der Waals surface area contributed by atoms with Crippen molar-refractivity contribution in [3.05, 3.63) is 47.7 Å². The third-order valence-electron chi connectivity index (χ3n) is 5.89. The number of hydroxylamine groups is 1. The molecular weight excluding hydrogens is 437 g/mol. The number of amides is 1. The Balaban J connectivity index is 1.90. The third-order valence-corrected chi connectivity index (χ3v) is 5.89. The molecule has 1 aliphatic rings. The monoisotopic (exact) mass is 458 g/mol. The van der Waals surface area contributed by atoms with Gasteiger partial charge in [0.15, 0.2) is 5.65 Å². The van der Waals surface area contributed by atoms with Crippen molar-refractivity contribution >= 4 is 39.3 Å². The van der Waals surface area contributed by atoms with Crippen LogP contribution in [0.15, 0.2) is 36.4 Å². The van der Waals surface area contributed by atoms with Crippen LogP contribution in [0.4, 0.5) is 18.9 Å². The summed E-state index contributed by atoms with van der Waals surface area (Å²) in [4.78, 5) is 30.2. The van der Waals surface area contributed by atoms with Crippen molar-refractivity contribution < 1.29 is 22.8 Å². The fourth-order valence-corrected chi connectivity index (χ4v) is 4.24. The lowest BCUT2D eigenvalue weighted by molar-refractivity contribution is -0.140. The number of hydrogen-bond acceptors (Lipinski definition) is 6. The zero-order valence-electron chi connectivity index (χ0n) is 18.0. The average Bonchev–Trinajstić information content (AvgIpc) is 3.18. The van der Waals surface area contributed by atoms with Crippen LogP contribution in [0.1, 0.15) is 16.1 Å². The Morgan fingerprint density at radius 2 is 1.79 bits per heavy atom. The van der Waals surface area contributed by atoms with Crippen molar-refractivity contribution in [1.29, 1.82) is 0 Å². The first-order valence-electron chi connectivity index (χ1n) is 10.4. The number of carbonyl (C=O) groups excluding carboxylic acids is 1. The fraction of sp³-hybridized carbons (Fsp3) is 0.318. The maximum absolute atomic E-state index is 13.9. The first-order valence-corrected chi connectivity index (χ1v) is 10.4. The standard InChI is InChI=1S/C22H21F3N6O2/c1-29-7-9-30(10-8-29)17-12-18(22(23,24)25)27-19-13(17)11-14(21(32)28-33-2)20-26-15-5-3-4-6-16(15)31(19)20/h3-6,11-12H,7-10H2,1-2H3,(H,28,32). The van der Waals surface area contributed by atoms with Gasteiger partial charge < -0.3 is 9.80 Å². The molecule has 4 aromatic rings. The molecule has 33 heavy (non-hydrogen) atoms. The van der Waals surface area contributed by atoms with E-state index in [0.29, 0.717) is 48.3 Å². The van der Waals surface area contributed by atoms with E-state index in [-0.39, 0.29) is 16.9 Å². The molecule has 0 saturated carbocycles. The van der Waals surface area contributed by atoms with Crippen molar-refractivity contribution in [1.82, 2.24) is 24.7 Å². The highest BCUT2D eigenvalue weighted by Gasteiger charge is 2.35. The van der Waals surface area contributed by atoms with Crippen molar-refractivity contribution in [2.24, 2.45) is 0 Å². The topological polar surface area (TPSA) is 75.0 Å². The summed E-state index contributed by atoms with van der Waals surface area (Å²) in [6.45, 7) is 2.52. The Bertz CT molecular complexity index is 1380. The second-order valence-electron chi connectivity index (χ2n) is 8.00. The maximum atomic E-state index is 13.9. The normalized spacial score (nSPS) is 15.6. The quantitative estimate of drug-likeness (QED) is 0.476. The largest absolute Gasteiger partial charge is 0.433 e. The number of benzene rings is 1. The highest BCUT2D eigenvalue weighted by molar-refractivity contribution is 6.07. The van der Waals surface area contributed by atoms with Gasteiger partial charge in [-0.3, -0.25) is 14.0 Å². The molecule has 3 aromatic heterocycles. The zero-order chi connectivity index (χ0) is 23.3. The molecule has 4 heterocycles. The number of anilines is 1. The minimum Gasteiger partial charge on any atom is -0.368 e. The summed E-state index contributed by atoms with van der Waals surface area (Å²) in [5, 5.41) is 0.435. The fourth-order valence-electron chi connectivity index (χ4n) is 4.24. The Hall–Kier alpha value is -3.44. The van der Waals surface area contributed by atoms with Crippen LogP contribution in [0.25, 0.3) is 27.7 Å². The molecular formula is C22H21F3N6O2. The number of piperazine rings is 1. The lowest BCUT2D eigenvalue weighted by Crippen LogP contribution is -2.44. The summed E-state index contributed by atoms with van der Waals surface area (Å²) < 4.78 is 43.2. The van der Waals surface area contributed by atoms with Crippen molar-refractivity contribution in [2.45, 2.75) is 6.18 Å². The molecule has 11 heteroatoms. The number of para-hydroxylation sites is 2. The number of imidazole rings is 1. The molecule has 0 radical (unpaired) electrons. The Morgan fingerprint density at radius 1 is 1.06 bits per heavy atom. The second-order valence-corrected chi connectivity index (χ2v) is 8.00. The Morgan fingerprint density at radius 3 is 2.48 bits per heavy atom. The highest BCUT2D eigenvalue weighted by Crippen LogP contribution is 2.37. The van der Waals surface area contributed by atoms with Crippen LogP contribution >= 0.6 is 0 Å². The van der Waals surface area contributed by atoms with Gasteiger partial charge in [0.25, 0.3) is 5.91 Å². The van der Waals surface area contributed by atoms with Gasteiger partial charge in [0.05, 0.1) is 23.7 Å². The summed E-state index contributed by atoms with van der Waals surface area (Å²) in [6, 6.07) is 9.63. The number of pyridine rings is 2. The van der Waals surface area contributed by atoms with Gasteiger partial charge in [0.1, 0.15) is 11.3 Å². The van der Waals surface area contributed by atoms with E-state index >= 15 is 0 Å². The number of aromatic nitrogens is 3. The molecule has 1 fully saturated rings. The van der Waals surface area contributed by atoms with Crippen LogP contribution in [0, 0.1) is 0 Å². The molecule has 172 valence electrons. The number of halogens is 3. The van der Waals surface area contributed by atoms with Gasteiger partial charge in [-0.2, -0.15) is 13.2 Å². The van der Waals surface area contributed by atoms with Crippen LogP contribution in [-0.4, -0.2) is 65.5 Å². The number of fused-ring (bicyclic) bond motifs is 5. The first kappa shape index (κ1) is 21.4.